The molecule has 0 unspecified atom stereocenters. The quantitative estimate of drug-likeness (QED) is 0.484. The Morgan fingerprint density at radius 1 is 1.40 bits per heavy atom. The molecule has 0 amide bonds. The summed E-state index contributed by atoms with van der Waals surface area (Å²) in [6.07, 6.45) is 3.33. The fraction of sp³-hybridized carbons (Fsp3) is 0.154. The number of nitrogens with one attached hydrogen (secondary N) is 3. The van der Waals surface area contributed by atoms with Gasteiger partial charge in [0.25, 0.3) is 0 Å². The molecule has 5 N–H and O–H groups in total. The fourth-order valence-corrected chi connectivity index (χ4v) is 2.19. The average Bonchev–Trinajstić information content (AvgIpc) is 2.45. The molecule has 0 saturated carbocycles. The Morgan fingerprint density at radius 3 is 3.00 bits per heavy atom. The first-order valence-electron chi connectivity index (χ1n) is 6.18. The largest absolute Gasteiger partial charge is 0.370 e. The van der Waals surface area contributed by atoms with E-state index >= 15 is 0 Å². The first-order valence-corrected chi connectivity index (χ1v) is 6.18. The Morgan fingerprint density at radius 2 is 2.20 bits per heavy atom. The number of aromatic nitrogens is 2. The SMILES string of the molecule is CN1c2ccc(CNC(=N)N)cc2Nc2nccnc21. The van der Waals surface area contributed by atoms with Gasteiger partial charge in [-0.25, -0.2) is 9.97 Å². The topological polar surface area (TPSA) is 103 Å². The first kappa shape index (κ1) is 12.2. The molecule has 7 heteroatoms. The number of fused-ring (bicyclic) bond motifs is 2. The van der Waals surface area contributed by atoms with Gasteiger partial charge < -0.3 is 21.3 Å². The highest BCUT2D eigenvalue weighted by molar-refractivity contribution is 5.88. The van der Waals surface area contributed by atoms with Crippen LogP contribution in [0.1, 0.15) is 5.56 Å². The van der Waals surface area contributed by atoms with Crippen LogP contribution in [0.5, 0.6) is 0 Å². The van der Waals surface area contributed by atoms with Gasteiger partial charge in [0.1, 0.15) is 0 Å². The van der Waals surface area contributed by atoms with Gasteiger partial charge >= 0.3 is 0 Å². The molecule has 0 bridgehead atoms. The van der Waals surface area contributed by atoms with Crippen LogP contribution >= 0.6 is 0 Å². The van der Waals surface area contributed by atoms with Crippen LogP contribution in [0.2, 0.25) is 0 Å². The summed E-state index contributed by atoms with van der Waals surface area (Å²) < 4.78 is 0. The van der Waals surface area contributed by atoms with E-state index in [9.17, 15) is 0 Å². The summed E-state index contributed by atoms with van der Waals surface area (Å²) in [7, 11) is 1.96. The van der Waals surface area contributed by atoms with E-state index in [4.69, 9.17) is 11.1 Å². The van der Waals surface area contributed by atoms with E-state index in [-0.39, 0.29) is 5.96 Å². The van der Waals surface area contributed by atoms with Crippen molar-refractivity contribution in [2.24, 2.45) is 5.73 Å². The monoisotopic (exact) mass is 269 g/mol. The lowest BCUT2D eigenvalue weighted by Gasteiger charge is -2.29. The van der Waals surface area contributed by atoms with Gasteiger partial charge in [0, 0.05) is 26.0 Å². The fourth-order valence-electron chi connectivity index (χ4n) is 2.19. The number of nitrogens with two attached hydrogens (primary N) is 1. The van der Waals surface area contributed by atoms with Crippen LogP contribution in [0.4, 0.5) is 23.0 Å². The molecule has 1 aliphatic heterocycles. The van der Waals surface area contributed by atoms with Crippen LogP contribution in [0.3, 0.4) is 0 Å². The van der Waals surface area contributed by atoms with Gasteiger partial charge in [0.2, 0.25) is 0 Å². The maximum absolute atomic E-state index is 7.19. The molecule has 1 aromatic heterocycles. The highest BCUT2D eigenvalue weighted by Gasteiger charge is 2.21. The van der Waals surface area contributed by atoms with Gasteiger partial charge in [-0.2, -0.15) is 0 Å². The van der Waals surface area contributed by atoms with E-state index < -0.39 is 0 Å². The van der Waals surface area contributed by atoms with Crippen molar-refractivity contribution in [1.82, 2.24) is 15.3 Å². The molecule has 2 aromatic rings. The summed E-state index contributed by atoms with van der Waals surface area (Å²) in [6, 6.07) is 6.02. The Hall–Kier alpha value is -2.83. The van der Waals surface area contributed by atoms with Crippen molar-refractivity contribution in [3.8, 4) is 0 Å². The number of nitrogens with zero attached hydrogens (tertiary/aromatic N) is 3. The molecular formula is C13H15N7. The summed E-state index contributed by atoms with van der Waals surface area (Å²) >= 11 is 0. The summed E-state index contributed by atoms with van der Waals surface area (Å²) in [6.45, 7) is 0.515. The van der Waals surface area contributed by atoms with Crippen molar-refractivity contribution in [3.63, 3.8) is 0 Å². The van der Waals surface area contributed by atoms with E-state index in [1.54, 1.807) is 12.4 Å². The number of hydrogen-bond donors (Lipinski definition) is 4. The first-order chi connectivity index (χ1) is 9.65. The van der Waals surface area contributed by atoms with E-state index in [0.717, 1.165) is 28.6 Å². The number of benzene rings is 1. The minimum atomic E-state index is -0.0380. The summed E-state index contributed by atoms with van der Waals surface area (Å²) in [5.74, 6) is 1.50. The van der Waals surface area contributed by atoms with Crippen molar-refractivity contribution in [2.75, 3.05) is 17.3 Å². The van der Waals surface area contributed by atoms with Crippen LogP contribution in [0.25, 0.3) is 0 Å². The smallest absolute Gasteiger partial charge is 0.185 e. The van der Waals surface area contributed by atoms with Crippen molar-refractivity contribution >= 4 is 29.0 Å². The molecule has 0 saturated heterocycles. The average molecular weight is 269 g/mol. The second kappa shape index (κ2) is 4.69. The highest BCUT2D eigenvalue weighted by Crippen LogP contribution is 2.40. The molecule has 3 rings (SSSR count). The highest BCUT2D eigenvalue weighted by atomic mass is 15.3. The summed E-state index contributed by atoms with van der Waals surface area (Å²) in [5, 5.41) is 13.2. The minimum Gasteiger partial charge on any atom is -0.370 e. The lowest BCUT2D eigenvalue weighted by molar-refractivity contribution is 0.896. The van der Waals surface area contributed by atoms with Gasteiger partial charge in [0.15, 0.2) is 17.6 Å². The van der Waals surface area contributed by atoms with Gasteiger partial charge in [-0.1, -0.05) is 6.07 Å². The minimum absolute atomic E-state index is 0.0380. The van der Waals surface area contributed by atoms with Crippen molar-refractivity contribution in [1.29, 1.82) is 5.41 Å². The Kier molecular flexibility index (Phi) is 2.86. The molecular weight excluding hydrogens is 254 g/mol. The molecule has 7 nitrogen and oxygen atoms in total. The van der Waals surface area contributed by atoms with Crippen molar-refractivity contribution < 1.29 is 0 Å². The Bertz CT molecular complexity index is 668. The van der Waals surface area contributed by atoms with Crippen LogP contribution in [0.15, 0.2) is 30.6 Å². The van der Waals surface area contributed by atoms with Gasteiger partial charge in [-0.05, 0) is 17.7 Å². The second-order valence-electron chi connectivity index (χ2n) is 4.53. The molecule has 1 aromatic carbocycles. The van der Waals surface area contributed by atoms with Gasteiger partial charge in [-0.3, -0.25) is 5.41 Å². The zero-order valence-electron chi connectivity index (χ0n) is 11.0. The molecule has 0 aliphatic carbocycles. The number of guanidine groups is 1. The normalized spacial score (nSPS) is 12.2. The summed E-state index contributed by atoms with van der Waals surface area (Å²) in [4.78, 5) is 10.6. The Balaban J connectivity index is 1.92. The number of hydrogen-bond acceptors (Lipinski definition) is 5. The van der Waals surface area contributed by atoms with Crippen LogP contribution < -0.4 is 21.3 Å². The lowest BCUT2D eigenvalue weighted by Crippen LogP contribution is -2.29. The molecule has 20 heavy (non-hydrogen) atoms. The van der Waals surface area contributed by atoms with Gasteiger partial charge in [0.05, 0.1) is 11.4 Å². The van der Waals surface area contributed by atoms with Crippen LogP contribution in [-0.4, -0.2) is 23.0 Å². The number of anilines is 4. The van der Waals surface area contributed by atoms with Crippen molar-refractivity contribution in [2.45, 2.75) is 6.54 Å². The van der Waals surface area contributed by atoms with Crippen LogP contribution in [-0.2, 0) is 6.54 Å². The third-order valence-corrected chi connectivity index (χ3v) is 3.15. The Labute approximate surface area is 116 Å². The summed E-state index contributed by atoms with van der Waals surface area (Å²) in [5.41, 5.74) is 8.32. The standard InChI is InChI=1S/C13H15N7/c1-20-10-3-2-8(7-18-13(14)15)6-9(10)19-11-12(20)17-5-4-16-11/h2-6H,7H2,1H3,(H,16,19)(H4,14,15,18). The maximum Gasteiger partial charge on any atom is 0.185 e. The van der Waals surface area contributed by atoms with Crippen molar-refractivity contribution in [3.05, 3.63) is 36.2 Å². The molecule has 0 spiro atoms. The van der Waals surface area contributed by atoms with E-state index in [2.05, 4.69) is 20.6 Å². The molecule has 0 atom stereocenters. The molecule has 102 valence electrons. The molecule has 1 aliphatic rings. The van der Waals surface area contributed by atoms with E-state index in [1.165, 1.54) is 0 Å². The number of rotatable bonds is 2. The third kappa shape index (κ3) is 2.09. The van der Waals surface area contributed by atoms with E-state index in [1.807, 2.05) is 30.1 Å². The zero-order chi connectivity index (χ0) is 14.1. The predicted octanol–water partition coefficient (Wildman–Crippen LogP) is 1.28. The second-order valence-corrected chi connectivity index (χ2v) is 4.53. The van der Waals surface area contributed by atoms with Crippen LogP contribution in [0, 0.1) is 5.41 Å². The zero-order valence-corrected chi connectivity index (χ0v) is 11.0. The third-order valence-electron chi connectivity index (χ3n) is 3.15. The maximum atomic E-state index is 7.19. The lowest BCUT2D eigenvalue weighted by atomic mass is 10.1. The molecule has 0 fully saturated rings. The molecule has 2 heterocycles. The van der Waals surface area contributed by atoms with Gasteiger partial charge in [-0.15, -0.1) is 0 Å². The molecule has 0 radical (unpaired) electrons. The van der Waals surface area contributed by atoms with E-state index in [0.29, 0.717) is 6.54 Å². The predicted molar refractivity (Wildman–Crippen MR) is 78.6 cm³/mol.